The largest absolute Gasteiger partial charge is 0.534 e. The molecule has 26 heavy (non-hydrogen) atoms. The summed E-state index contributed by atoms with van der Waals surface area (Å²) in [6, 6.07) is 14.3. The molecule has 0 aliphatic rings. The van der Waals surface area contributed by atoms with Crippen molar-refractivity contribution in [1.29, 1.82) is 0 Å². The highest BCUT2D eigenvalue weighted by atomic mass is 32.2. The Morgan fingerprint density at radius 2 is 1.46 bits per heavy atom. The molecule has 8 heteroatoms. The van der Waals surface area contributed by atoms with E-state index in [1.165, 1.54) is 0 Å². The Balaban J connectivity index is 2.38. The van der Waals surface area contributed by atoms with Crippen molar-refractivity contribution in [3.8, 4) is 5.75 Å². The van der Waals surface area contributed by atoms with E-state index >= 15 is 0 Å². The third kappa shape index (κ3) is 3.19. The zero-order chi connectivity index (χ0) is 19.3. The minimum atomic E-state index is -5.76. The Hall–Kier alpha value is -2.06. The molecule has 0 unspecified atom stereocenters. The summed E-state index contributed by atoms with van der Waals surface area (Å²) in [5.41, 5.74) is -5.48. The van der Waals surface area contributed by atoms with Gasteiger partial charge < -0.3 is 4.18 Å². The number of fused-ring (bicyclic) bond motifs is 3. The number of benzene rings is 3. The van der Waals surface area contributed by atoms with E-state index in [0.717, 1.165) is 10.8 Å². The summed E-state index contributed by atoms with van der Waals surface area (Å²) in [7, 11) is -7.93. The summed E-state index contributed by atoms with van der Waals surface area (Å²) in [6.07, 6.45) is 0. The Morgan fingerprint density at radius 1 is 0.846 bits per heavy atom. The molecule has 0 heterocycles. The molecular formula is C18H17F3O3SSi. The molecule has 0 N–H and O–H groups in total. The van der Waals surface area contributed by atoms with Gasteiger partial charge in [-0.05, 0) is 27.4 Å². The van der Waals surface area contributed by atoms with E-state index in [0.29, 0.717) is 16.0 Å². The lowest BCUT2D eigenvalue weighted by molar-refractivity contribution is -0.0499. The minimum Gasteiger partial charge on any atom is -0.375 e. The van der Waals surface area contributed by atoms with Crippen molar-refractivity contribution in [1.82, 2.24) is 0 Å². The van der Waals surface area contributed by atoms with E-state index in [1.54, 1.807) is 18.2 Å². The molecule has 3 aromatic carbocycles. The van der Waals surface area contributed by atoms with Crippen molar-refractivity contribution in [2.45, 2.75) is 25.1 Å². The van der Waals surface area contributed by atoms with Gasteiger partial charge in [0.2, 0.25) is 0 Å². The van der Waals surface area contributed by atoms with Crippen LogP contribution in [0.3, 0.4) is 0 Å². The predicted octanol–water partition coefficient (Wildman–Crippen LogP) is 4.77. The predicted molar refractivity (Wildman–Crippen MR) is 100 cm³/mol. The molecule has 0 bridgehead atoms. The topological polar surface area (TPSA) is 43.4 Å². The van der Waals surface area contributed by atoms with Crippen LogP contribution < -0.4 is 9.37 Å². The van der Waals surface area contributed by atoms with Gasteiger partial charge in [0.25, 0.3) is 0 Å². The lowest BCUT2D eigenvalue weighted by atomic mass is 10.0. The lowest BCUT2D eigenvalue weighted by Crippen LogP contribution is -2.40. The molecule has 3 rings (SSSR count). The first-order valence-corrected chi connectivity index (χ1v) is 12.8. The molecule has 0 saturated carbocycles. The Labute approximate surface area is 150 Å². The maximum Gasteiger partial charge on any atom is 0.534 e. The number of rotatable bonds is 3. The van der Waals surface area contributed by atoms with Crippen LogP contribution in [0.1, 0.15) is 0 Å². The fraction of sp³-hybridized carbons (Fsp3) is 0.222. The first-order chi connectivity index (χ1) is 11.9. The summed E-state index contributed by atoms with van der Waals surface area (Å²) >= 11 is 0. The highest BCUT2D eigenvalue weighted by Crippen LogP contribution is 2.35. The summed E-state index contributed by atoms with van der Waals surface area (Å²) < 4.78 is 66.7. The van der Waals surface area contributed by atoms with Crippen molar-refractivity contribution < 1.29 is 25.8 Å². The van der Waals surface area contributed by atoms with Crippen molar-refractivity contribution >= 4 is 44.9 Å². The van der Waals surface area contributed by atoms with Crippen molar-refractivity contribution in [3.05, 3.63) is 48.5 Å². The second-order valence-corrected chi connectivity index (χ2v) is 13.6. The maximum atomic E-state index is 12.9. The Morgan fingerprint density at radius 3 is 2.08 bits per heavy atom. The lowest BCUT2D eigenvalue weighted by Gasteiger charge is -2.23. The molecule has 0 atom stereocenters. The number of hydrogen-bond acceptors (Lipinski definition) is 3. The minimum absolute atomic E-state index is 0.218. The first kappa shape index (κ1) is 18.7. The van der Waals surface area contributed by atoms with Gasteiger partial charge in [-0.1, -0.05) is 62.1 Å². The average molecular weight is 398 g/mol. The van der Waals surface area contributed by atoms with E-state index in [4.69, 9.17) is 0 Å². The van der Waals surface area contributed by atoms with Gasteiger partial charge in [-0.25, -0.2) is 0 Å². The molecular weight excluding hydrogens is 381 g/mol. The maximum absolute atomic E-state index is 12.9. The van der Waals surface area contributed by atoms with Crippen LogP contribution in [0, 0.1) is 0 Å². The summed E-state index contributed by atoms with van der Waals surface area (Å²) in [5, 5.41) is 3.26. The second kappa shape index (κ2) is 5.99. The third-order valence-electron chi connectivity index (χ3n) is 4.16. The van der Waals surface area contributed by atoms with Crippen molar-refractivity contribution in [2.75, 3.05) is 0 Å². The fourth-order valence-electron chi connectivity index (χ4n) is 2.90. The van der Waals surface area contributed by atoms with Crippen LogP contribution in [-0.4, -0.2) is 22.0 Å². The van der Waals surface area contributed by atoms with Crippen LogP contribution in [0.2, 0.25) is 19.6 Å². The van der Waals surface area contributed by atoms with E-state index in [9.17, 15) is 21.6 Å². The Kier molecular flexibility index (Phi) is 4.31. The molecule has 0 aliphatic carbocycles. The molecule has 138 valence electrons. The van der Waals surface area contributed by atoms with Crippen LogP contribution in [0.15, 0.2) is 48.5 Å². The molecule has 0 aliphatic heterocycles. The zero-order valence-corrected chi connectivity index (χ0v) is 16.2. The normalized spacial score (nSPS) is 13.3. The van der Waals surface area contributed by atoms with E-state index in [1.807, 2.05) is 50.0 Å². The number of alkyl halides is 3. The van der Waals surface area contributed by atoms with Crippen LogP contribution >= 0.6 is 0 Å². The summed E-state index contributed by atoms with van der Waals surface area (Å²) in [4.78, 5) is 0. The van der Waals surface area contributed by atoms with Gasteiger partial charge in [-0.15, -0.1) is 0 Å². The molecule has 3 aromatic rings. The van der Waals surface area contributed by atoms with E-state index < -0.39 is 23.7 Å². The summed E-state index contributed by atoms with van der Waals surface area (Å²) in [6.45, 7) is 5.76. The molecule has 0 aromatic heterocycles. The molecule has 3 nitrogen and oxygen atoms in total. The Bertz CT molecular complexity index is 1100. The molecule has 0 saturated heterocycles. The van der Waals surface area contributed by atoms with E-state index in [-0.39, 0.29) is 5.75 Å². The van der Waals surface area contributed by atoms with Crippen LogP contribution in [0.4, 0.5) is 13.2 Å². The van der Waals surface area contributed by atoms with Gasteiger partial charge in [0.05, 0.1) is 8.07 Å². The SMILES string of the molecule is C[Si](C)(C)c1ccc2c(ccc3ccccc32)c1OS(=O)(=O)C(F)(F)F. The number of halogens is 3. The van der Waals surface area contributed by atoms with Gasteiger partial charge in [-0.2, -0.15) is 21.6 Å². The molecule has 0 fully saturated rings. The monoisotopic (exact) mass is 398 g/mol. The van der Waals surface area contributed by atoms with Gasteiger partial charge in [0.1, 0.15) is 5.75 Å². The van der Waals surface area contributed by atoms with Crippen LogP contribution in [0.5, 0.6) is 5.75 Å². The zero-order valence-electron chi connectivity index (χ0n) is 14.4. The quantitative estimate of drug-likeness (QED) is 0.276. The van der Waals surface area contributed by atoms with Gasteiger partial charge in [0, 0.05) is 5.39 Å². The van der Waals surface area contributed by atoms with Crippen LogP contribution in [-0.2, 0) is 10.1 Å². The molecule has 0 radical (unpaired) electrons. The van der Waals surface area contributed by atoms with E-state index in [2.05, 4.69) is 4.18 Å². The standard InChI is InChI=1S/C18H17F3O3SSi/c1-26(2,3)16-11-10-14-13-7-5-4-6-12(13)8-9-15(14)17(16)24-25(22,23)18(19,20)21/h4-11H,1-3H3. The van der Waals surface area contributed by atoms with Gasteiger partial charge in [0.15, 0.2) is 0 Å². The highest BCUT2D eigenvalue weighted by Gasteiger charge is 2.49. The molecule has 0 spiro atoms. The van der Waals surface area contributed by atoms with Gasteiger partial charge >= 0.3 is 15.6 Å². The summed E-state index contributed by atoms with van der Waals surface area (Å²) in [5.74, 6) is -0.218. The first-order valence-electron chi connectivity index (χ1n) is 7.87. The second-order valence-electron chi connectivity index (χ2n) is 7.06. The van der Waals surface area contributed by atoms with Gasteiger partial charge in [-0.3, -0.25) is 0 Å². The number of hydrogen-bond donors (Lipinski definition) is 0. The van der Waals surface area contributed by atoms with Crippen molar-refractivity contribution in [3.63, 3.8) is 0 Å². The highest BCUT2D eigenvalue weighted by molar-refractivity contribution is 7.88. The molecule has 0 amide bonds. The smallest absolute Gasteiger partial charge is 0.375 e. The third-order valence-corrected chi connectivity index (χ3v) is 7.12. The van der Waals surface area contributed by atoms with Crippen molar-refractivity contribution in [2.24, 2.45) is 0 Å². The fourth-order valence-corrected chi connectivity index (χ4v) is 4.92. The van der Waals surface area contributed by atoms with Crippen LogP contribution in [0.25, 0.3) is 21.5 Å². The average Bonchev–Trinajstić information content (AvgIpc) is 2.52.